The van der Waals surface area contributed by atoms with Gasteiger partial charge in [0.05, 0.1) is 5.56 Å². The van der Waals surface area contributed by atoms with Crippen molar-refractivity contribution in [2.45, 2.75) is 44.4 Å². The summed E-state index contributed by atoms with van der Waals surface area (Å²) in [4.78, 5) is 16.6. The highest BCUT2D eigenvalue weighted by atomic mass is 19.4. The zero-order chi connectivity index (χ0) is 18.6. The van der Waals surface area contributed by atoms with Crippen LogP contribution in [-0.2, 0) is 17.5 Å². The van der Waals surface area contributed by atoms with Gasteiger partial charge in [0.25, 0.3) is 0 Å². The summed E-state index contributed by atoms with van der Waals surface area (Å²) < 4.78 is 37.9. The average Bonchev–Trinajstić information content (AvgIpc) is 2.99. The Balaban J connectivity index is 1.49. The summed E-state index contributed by atoms with van der Waals surface area (Å²) in [5, 5.41) is 3.36. The molecule has 0 aliphatic carbocycles. The van der Waals surface area contributed by atoms with E-state index in [1.807, 2.05) is 4.90 Å². The van der Waals surface area contributed by atoms with Crippen LogP contribution >= 0.6 is 0 Å². The summed E-state index contributed by atoms with van der Waals surface area (Å²) in [6.07, 6.45) is -0.627. The van der Waals surface area contributed by atoms with Gasteiger partial charge in [-0.2, -0.15) is 13.2 Å². The lowest BCUT2D eigenvalue weighted by atomic mass is 10.1. The van der Waals surface area contributed by atoms with Crippen molar-refractivity contribution in [2.75, 3.05) is 32.7 Å². The molecule has 1 aromatic rings. The number of nitrogens with one attached hydrogen (secondary N) is 1. The third-order valence-electron chi connectivity index (χ3n) is 5.21. The number of amides is 1. The van der Waals surface area contributed by atoms with Gasteiger partial charge in [0.1, 0.15) is 0 Å². The first-order valence-electron chi connectivity index (χ1n) is 9.31. The maximum Gasteiger partial charge on any atom is 0.416 e. The van der Waals surface area contributed by atoms with Crippen molar-refractivity contribution in [1.29, 1.82) is 0 Å². The molecular weight excluding hydrogens is 343 g/mol. The van der Waals surface area contributed by atoms with Gasteiger partial charge in [-0.05, 0) is 43.5 Å². The molecule has 0 spiro atoms. The van der Waals surface area contributed by atoms with Crippen molar-refractivity contribution in [1.82, 2.24) is 15.1 Å². The molecule has 3 rings (SSSR count). The number of halogens is 3. The molecule has 4 nitrogen and oxygen atoms in total. The smallest absolute Gasteiger partial charge is 0.341 e. The Labute approximate surface area is 152 Å². The molecule has 7 heteroatoms. The van der Waals surface area contributed by atoms with E-state index in [4.69, 9.17) is 0 Å². The molecule has 0 saturated carbocycles. The first kappa shape index (κ1) is 19.2. The van der Waals surface area contributed by atoms with Crippen LogP contribution in [0.2, 0.25) is 0 Å². The Morgan fingerprint density at radius 2 is 1.85 bits per heavy atom. The van der Waals surface area contributed by atoms with Crippen LogP contribution in [0, 0.1) is 0 Å². The molecule has 1 aromatic carbocycles. The van der Waals surface area contributed by atoms with Crippen LogP contribution in [0.4, 0.5) is 13.2 Å². The van der Waals surface area contributed by atoms with Crippen molar-refractivity contribution >= 4 is 5.91 Å². The zero-order valence-corrected chi connectivity index (χ0v) is 14.9. The van der Waals surface area contributed by atoms with Crippen LogP contribution < -0.4 is 5.32 Å². The fraction of sp³-hybridized carbons (Fsp3) is 0.632. The predicted molar refractivity (Wildman–Crippen MR) is 93.6 cm³/mol. The van der Waals surface area contributed by atoms with E-state index < -0.39 is 11.7 Å². The van der Waals surface area contributed by atoms with E-state index >= 15 is 0 Å². The average molecular weight is 369 g/mol. The molecule has 144 valence electrons. The third kappa shape index (κ3) is 5.20. The van der Waals surface area contributed by atoms with Crippen molar-refractivity contribution in [3.8, 4) is 0 Å². The summed E-state index contributed by atoms with van der Waals surface area (Å²) >= 11 is 0. The molecule has 0 bridgehead atoms. The molecule has 2 fully saturated rings. The van der Waals surface area contributed by atoms with Gasteiger partial charge in [-0.3, -0.25) is 9.69 Å². The van der Waals surface area contributed by atoms with Gasteiger partial charge in [-0.25, -0.2) is 0 Å². The monoisotopic (exact) mass is 369 g/mol. The summed E-state index contributed by atoms with van der Waals surface area (Å²) in [5.41, 5.74) is 0.252. The van der Waals surface area contributed by atoms with Crippen molar-refractivity contribution in [2.24, 2.45) is 0 Å². The molecule has 1 unspecified atom stereocenters. The number of rotatable bonds is 4. The minimum atomic E-state index is -4.30. The topological polar surface area (TPSA) is 35.6 Å². The second-order valence-corrected chi connectivity index (χ2v) is 7.20. The molecule has 2 aliphatic heterocycles. The number of alkyl halides is 3. The van der Waals surface area contributed by atoms with Crippen LogP contribution in [0.3, 0.4) is 0 Å². The van der Waals surface area contributed by atoms with Gasteiger partial charge in [0, 0.05) is 45.2 Å². The van der Waals surface area contributed by atoms with Crippen LogP contribution in [0.25, 0.3) is 0 Å². The highest BCUT2D eigenvalue weighted by Crippen LogP contribution is 2.29. The lowest BCUT2D eigenvalue weighted by Gasteiger charge is -2.23. The van der Waals surface area contributed by atoms with Gasteiger partial charge in [-0.1, -0.05) is 12.1 Å². The zero-order valence-electron chi connectivity index (χ0n) is 14.9. The van der Waals surface area contributed by atoms with E-state index in [9.17, 15) is 18.0 Å². The van der Waals surface area contributed by atoms with Crippen LogP contribution in [0.1, 0.15) is 36.8 Å². The molecule has 1 atom stereocenters. The van der Waals surface area contributed by atoms with Gasteiger partial charge >= 0.3 is 6.18 Å². The minimum Gasteiger partial charge on any atom is -0.341 e. The van der Waals surface area contributed by atoms with Crippen LogP contribution in [-0.4, -0.2) is 54.5 Å². The number of carbonyl (C=O) groups is 1. The summed E-state index contributed by atoms with van der Waals surface area (Å²) in [5.74, 6) is 0.209. The van der Waals surface area contributed by atoms with Gasteiger partial charge in [0.2, 0.25) is 5.91 Å². The highest BCUT2D eigenvalue weighted by Gasteiger charge is 2.30. The molecule has 26 heavy (non-hydrogen) atoms. The van der Waals surface area contributed by atoms with Gasteiger partial charge < -0.3 is 10.2 Å². The molecule has 2 aliphatic rings. The second-order valence-electron chi connectivity index (χ2n) is 7.20. The molecule has 0 aromatic heterocycles. The van der Waals surface area contributed by atoms with E-state index in [0.29, 0.717) is 25.6 Å². The number of nitrogens with zero attached hydrogens (tertiary/aromatic N) is 2. The van der Waals surface area contributed by atoms with Crippen molar-refractivity contribution < 1.29 is 18.0 Å². The van der Waals surface area contributed by atoms with E-state index in [0.717, 1.165) is 63.1 Å². The number of carbonyl (C=O) groups excluding carboxylic acids is 1. The highest BCUT2D eigenvalue weighted by molar-refractivity contribution is 5.76. The summed E-state index contributed by atoms with van der Waals surface area (Å²) in [6, 6.07) is 5.67. The van der Waals surface area contributed by atoms with Gasteiger partial charge in [0.15, 0.2) is 0 Å². The van der Waals surface area contributed by atoms with E-state index in [-0.39, 0.29) is 5.91 Å². The van der Waals surface area contributed by atoms with E-state index in [1.165, 1.54) is 0 Å². The fourth-order valence-electron chi connectivity index (χ4n) is 3.71. The lowest BCUT2D eigenvalue weighted by molar-refractivity contribution is -0.137. The number of benzene rings is 1. The molecule has 2 heterocycles. The Kier molecular flexibility index (Phi) is 6.19. The Hall–Kier alpha value is -1.60. The molecule has 0 radical (unpaired) electrons. The van der Waals surface area contributed by atoms with Crippen molar-refractivity contribution in [3.05, 3.63) is 35.4 Å². The summed E-state index contributed by atoms with van der Waals surface area (Å²) in [7, 11) is 0. The molecule has 2 saturated heterocycles. The first-order valence-corrected chi connectivity index (χ1v) is 9.31. The maximum absolute atomic E-state index is 12.6. The lowest BCUT2D eigenvalue weighted by Crippen LogP contribution is -2.38. The SMILES string of the molecule is O=C(CC1CCCN1)N1CCCN(Cc2ccc(C(F)(F)F)cc2)CC1. The summed E-state index contributed by atoms with van der Waals surface area (Å²) in [6.45, 7) is 4.67. The Morgan fingerprint density at radius 1 is 1.08 bits per heavy atom. The number of hydrogen-bond acceptors (Lipinski definition) is 3. The minimum absolute atomic E-state index is 0.209. The van der Waals surface area contributed by atoms with Crippen LogP contribution in [0.15, 0.2) is 24.3 Å². The van der Waals surface area contributed by atoms with E-state index in [2.05, 4.69) is 10.2 Å². The third-order valence-corrected chi connectivity index (χ3v) is 5.21. The molecule has 1 N–H and O–H groups in total. The molecule has 1 amide bonds. The van der Waals surface area contributed by atoms with Crippen molar-refractivity contribution in [3.63, 3.8) is 0 Å². The standard InChI is InChI=1S/C19H26F3N3O/c20-19(21,22)16-6-4-15(5-7-16)14-24-9-2-10-25(12-11-24)18(26)13-17-3-1-8-23-17/h4-7,17,23H,1-3,8-14H2. The Morgan fingerprint density at radius 3 is 2.50 bits per heavy atom. The Bertz CT molecular complexity index is 597. The second kappa shape index (κ2) is 8.39. The van der Waals surface area contributed by atoms with Crippen LogP contribution in [0.5, 0.6) is 0 Å². The van der Waals surface area contributed by atoms with E-state index in [1.54, 1.807) is 12.1 Å². The quantitative estimate of drug-likeness (QED) is 0.887. The van der Waals surface area contributed by atoms with Gasteiger partial charge in [-0.15, -0.1) is 0 Å². The first-order chi connectivity index (χ1) is 12.4. The fourth-order valence-corrected chi connectivity index (χ4v) is 3.71. The molecular formula is C19H26F3N3O. The number of hydrogen-bond donors (Lipinski definition) is 1. The maximum atomic E-state index is 12.6. The predicted octanol–water partition coefficient (Wildman–Crippen LogP) is 2.88. The normalized spacial score (nSPS) is 22.4. The largest absolute Gasteiger partial charge is 0.416 e.